The van der Waals surface area contributed by atoms with Crippen LogP contribution in [-0.2, 0) is 30.3 Å². The fraction of sp³-hybridized carbons (Fsp3) is 0.474. The molecular formula is C19H27N3O6. The number of benzene rings is 1. The third kappa shape index (κ3) is 7.75. The first-order chi connectivity index (χ1) is 12.9. The van der Waals surface area contributed by atoms with Gasteiger partial charge in [-0.25, -0.2) is 4.79 Å². The van der Waals surface area contributed by atoms with Crippen molar-refractivity contribution in [1.82, 2.24) is 10.6 Å². The Morgan fingerprint density at radius 1 is 1.07 bits per heavy atom. The minimum atomic E-state index is -1.62. The van der Waals surface area contributed by atoms with Gasteiger partial charge in [-0.15, -0.1) is 0 Å². The maximum absolute atomic E-state index is 12.5. The summed E-state index contributed by atoms with van der Waals surface area (Å²) in [6.07, 6.45) is 0.0891. The van der Waals surface area contributed by atoms with Crippen LogP contribution >= 0.6 is 0 Å². The Kier molecular flexibility index (Phi) is 8.12. The Bertz CT molecular complexity index is 714. The fourth-order valence-corrected chi connectivity index (χ4v) is 2.17. The maximum Gasteiger partial charge on any atom is 0.333 e. The summed E-state index contributed by atoms with van der Waals surface area (Å²) in [6.45, 7) is 6.20. The quantitative estimate of drug-likeness (QED) is 0.358. The van der Waals surface area contributed by atoms with Crippen molar-refractivity contribution in [3.8, 4) is 0 Å². The lowest BCUT2D eigenvalue weighted by Crippen LogP contribution is -2.56. The van der Waals surface area contributed by atoms with E-state index >= 15 is 0 Å². The molecule has 9 nitrogen and oxygen atoms in total. The number of hydrogen-bond donors (Lipinski definition) is 4. The number of carboxylic acids is 1. The minimum absolute atomic E-state index is 0.0891. The Balaban J connectivity index is 2.91. The van der Waals surface area contributed by atoms with Crippen LogP contribution in [0.5, 0.6) is 0 Å². The minimum Gasteiger partial charge on any atom is -0.480 e. The average Bonchev–Trinajstić information content (AvgIpc) is 2.59. The second kappa shape index (κ2) is 9.84. The largest absolute Gasteiger partial charge is 0.480 e. The van der Waals surface area contributed by atoms with Gasteiger partial charge in [0, 0.05) is 6.42 Å². The molecule has 1 aromatic carbocycles. The first-order valence-electron chi connectivity index (χ1n) is 8.76. The molecule has 0 bridgehead atoms. The van der Waals surface area contributed by atoms with Crippen LogP contribution in [0.4, 0.5) is 0 Å². The first kappa shape index (κ1) is 23.1. The number of amides is 2. The zero-order chi connectivity index (χ0) is 21.5. The van der Waals surface area contributed by atoms with Gasteiger partial charge in [0.1, 0.15) is 17.7 Å². The predicted octanol–water partition coefficient (Wildman–Crippen LogP) is -0.0278. The highest BCUT2D eigenvalue weighted by Gasteiger charge is 2.31. The highest BCUT2D eigenvalue weighted by Crippen LogP contribution is 2.09. The van der Waals surface area contributed by atoms with Crippen LogP contribution in [0.15, 0.2) is 30.3 Å². The van der Waals surface area contributed by atoms with Gasteiger partial charge in [-0.1, -0.05) is 30.3 Å². The SMILES string of the molecule is C[C@H](NC(=O)[C@H](Cc1ccccc1)NC(=O)C(N)C(=O)OC(C)(C)C)C(=O)O. The number of hydrogen-bond acceptors (Lipinski definition) is 6. The zero-order valence-electron chi connectivity index (χ0n) is 16.4. The topological polar surface area (TPSA) is 148 Å². The van der Waals surface area contributed by atoms with E-state index in [9.17, 15) is 19.2 Å². The molecule has 28 heavy (non-hydrogen) atoms. The Morgan fingerprint density at radius 2 is 1.64 bits per heavy atom. The van der Waals surface area contributed by atoms with E-state index in [1.54, 1.807) is 51.1 Å². The molecule has 154 valence electrons. The molecule has 0 radical (unpaired) electrons. The van der Waals surface area contributed by atoms with Gasteiger partial charge in [0.25, 0.3) is 0 Å². The first-order valence-corrected chi connectivity index (χ1v) is 8.76. The van der Waals surface area contributed by atoms with Crippen molar-refractivity contribution in [2.45, 2.75) is 57.8 Å². The van der Waals surface area contributed by atoms with E-state index in [1.807, 2.05) is 0 Å². The average molecular weight is 393 g/mol. The predicted molar refractivity (Wildman–Crippen MR) is 101 cm³/mol. The van der Waals surface area contributed by atoms with Gasteiger partial charge >= 0.3 is 11.9 Å². The third-order valence-corrected chi connectivity index (χ3v) is 3.59. The second-order valence-electron chi connectivity index (χ2n) is 7.33. The van der Waals surface area contributed by atoms with E-state index in [0.29, 0.717) is 0 Å². The number of aliphatic carboxylic acids is 1. The van der Waals surface area contributed by atoms with Crippen molar-refractivity contribution in [2.24, 2.45) is 5.73 Å². The highest BCUT2D eigenvalue weighted by molar-refractivity contribution is 6.03. The van der Waals surface area contributed by atoms with Crippen LogP contribution in [0.1, 0.15) is 33.3 Å². The number of carbonyl (C=O) groups is 4. The van der Waals surface area contributed by atoms with E-state index in [-0.39, 0.29) is 6.42 Å². The summed E-state index contributed by atoms with van der Waals surface area (Å²) in [6, 6.07) is 4.93. The lowest BCUT2D eigenvalue weighted by molar-refractivity contribution is -0.158. The Labute approximate surface area is 163 Å². The second-order valence-corrected chi connectivity index (χ2v) is 7.33. The summed E-state index contributed by atoms with van der Waals surface area (Å²) < 4.78 is 5.07. The molecule has 0 saturated carbocycles. The van der Waals surface area contributed by atoms with Crippen molar-refractivity contribution >= 4 is 23.8 Å². The zero-order valence-corrected chi connectivity index (χ0v) is 16.4. The lowest BCUT2D eigenvalue weighted by Gasteiger charge is -2.24. The molecule has 0 heterocycles. The Morgan fingerprint density at radius 3 is 2.14 bits per heavy atom. The van der Waals surface area contributed by atoms with Crippen LogP contribution in [0.25, 0.3) is 0 Å². The number of esters is 1. The number of ether oxygens (including phenoxy) is 1. The lowest BCUT2D eigenvalue weighted by atomic mass is 10.0. The van der Waals surface area contributed by atoms with Gasteiger partial charge in [-0.2, -0.15) is 0 Å². The number of nitrogens with two attached hydrogens (primary N) is 1. The van der Waals surface area contributed by atoms with Crippen molar-refractivity contribution in [3.63, 3.8) is 0 Å². The summed E-state index contributed by atoms with van der Waals surface area (Å²) in [5, 5.41) is 13.7. The number of carboxylic acid groups (broad SMARTS) is 1. The monoisotopic (exact) mass is 393 g/mol. The van der Waals surface area contributed by atoms with Crippen LogP contribution in [0, 0.1) is 0 Å². The van der Waals surface area contributed by atoms with E-state index < -0.39 is 47.5 Å². The molecule has 0 aromatic heterocycles. The van der Waals surface area contributed by atoms with Crippen LogP contribution in [-0.4, -0.2) is 52.6 Å². The summed E-state index contributed by atoms with van der Waals surface area (Å²) in [5.41, 5.74) is 5.55. The molecule has 0 fully saturated rings. The third-order valence-electron chi connectivity index (χ3n) is 3.59. The highest BCUT2D eigenvalue weighted by atomic mass is 16.6. The summed E-state index contributed by atoms with van der Waals surface area (Å²) in [7, 11) is 0. The fourth-order valence-electron chi connectivity index (χ4n) is 2.17. The van der Waals surface area contributed by atoms with Crippen LogP contribution in [0.3, 0.4) is 0 Å². The van der Waals surface area contributed by atoms with Gasteiger partial charge in [-0.3, -0.25) is 14.4 Å². The number of nitrogens with one attached hydrogen (secondary N) is 2. The van der Waals surface area contributed by atoms with Gasteiger partial charge in [0.2, 0.25) is 11.8 Å². The van der Waals surface area contributed by atoms with Gasteiger partial charge in [-0.05, 0) is 33.3 Å². The molecule has 2 amide bonds. The normalized spacial score (nSPS) is 14.3. The maximum atomic E-state index is 12.5. The summed E-state index contributed by atoms with van der Waals surface area (Å²) in [4.78, 5) is 47.8. The molecule has 0 aliphatic carbocycles. The standard InChI is InChI=1S/C19H27N3O6/c1-11(17(25)26)21-15(23)13(10-12-8-6-5-7-9-12)22-16(24)14(20)18(27)28-19(2,3)4/h5-9,11,13-14H,10,20H2,1-4H3,(H,21,23)(H,22,24)(H,25,26)/t11-,13-,14?/m0/s1. The van der Waals surface area contributed by atoms with Crippen LogP contribution in [0.2, 0.25) is 0 Å². The number of rotatable bonds is 8. The molecule has 1 rings (SSSR count). The molecule has 0 aliphatic rings. The molecule has 5 N–H and O–H groups in total. The van der Waals surface area contributed by atoms with Crippen molar-refractivity contribution in [1.29, 1.82) is 0 Å². The van der Waals surface area contributed by atoms with E-state index in [1.165, 1.54) is 6.92 Å². The molecule has 3 atom stereocenters. The van der Waals surface area contributed by atoms with E-state index in [2.05, 4.69) is 10.6 Å². The molecule has 1 aromatic rings. The van der Waals surface area contributed by atoms with Gasteiger partial charge < -0.3 is 26.2 Å². The molecular weight excluding hydrogens is 366 g/mol. The summed E-state index contributed by atoms with van der Waals surface area (Å²) in [5.74, 6) is -3.75. The molecule has 9 heteroatoms. The molecule has 0 aliphatic heterocycles. The van der Waals surface area contributed by atoms with Crippen molar-refractivity contribution in [3.05, 3.63) is 35.9 Å². The van der Waals surface area contributed by atoms with Gasteiger partial charge in [0.15, 0.2) is 6.04 Å². The summed E-state index contributed by atoms with van der Waals surface area (Å²) >= 11 is 0. The molecule has 1 unspecified atom stereocenters. The molecule has 0 spiro atoms. The smallest absolute Gasteiger partial charge is 0.333 e. The molecule has 0 saturated heterocycles. The Hall–Kier alpha value is -2.94. The van der Waals surface area contributed by atoms with Crippen LogP contribution < -0.4 is 16.4 Å². The van der Waals surface area contributed by atoms with E-state index in [0.717, 1.165) is 5.56 Å². The van der Waals surface area contributed by atoms with Crippen molar-refractivity contribution < 1.29 is 29.0 Å². The van der Waals surface area contributed by atoms with Gasteiger partial charge in [0.05, 0.1) is 0 Å². The number of carbonyl (C=O) groups excluding carboxylic acids is 3. The van der Waals surface area contributed by atoms with E-state index in [4.69, 9.17) is 15.6 Å². The van der Waals surface area contributed by atoms with Crippen molar-refractivity contribution in [2.75, 3.05) is 0 Å².